The number of aryl methyl sites for hydroxylation is 3. The number of fused-ring (bicyclic) bond motifs is 1. The molecule has 0 aromatic heterocycles. The summed E-state index contributed by atoms with van der Waals surface area (Å²) in [6.45, 7) is 1.57. The van der Waals surface area contributed by atoms with Gasteiger partial charge >= 0.3 is 0 Å². The van der Waals surface area contributed by atoms with Crippen LogP contribution < -0.4 is 0 Å². The van der Waals surface area contributed by atoms with Crippen molar-refractivity contribution in [2.24, 2.45) is 0 Å². The van der Waals surface area contributed by atoms with Gasteiger partial charge in [-0.15, -0.1) is 0 Å². The molecular formula is C18H18F2O. The second-order valence-corrected chi connectivity index (χ2v) is 5.73. The van der Waals surface area contributed by atoms with Crippen LogP contribution in [0.15, 0.2) is 30.3 Å². The summed E-state index contributed by atoms with van der Waals surface area (Å²) < 4.78 is 28.0. The lowest BCUT2D eigenvalue weighted by atomic mass is 9.88. The SMILES string of the molecule is Cc1ccc(F)c(C(O)c2ccc3c(c2)CCCC3)c1F. The summed E-state index contributed by atoms with van der Waals surface area (Å²) in [7, 11) is 0. The summed E-state index contributed by atoms with van der Waals surface area (Å²) in [5.74, 6) is -1.37. The average molecular weight is 288 g/mol. The second kappa shape index (κ2) is 5.57. The minimum absolute atomic E-state index is 0.259. The fraction of sp³-hybridized carbons (Fsp3) is 0.333. The Morgan fingerprint density at radius 2 is 1.71 bits per heavy atom. The molecule has 0 saturated carbocycles. The molecule has 21 heavy (non-hydrogen) atoms. The Kier molecular flexibility index (Phi) is 3.77. The molecule has 2 aromatic carbocycles. The monoisotopic (exact) mass is 288 g/mol. The molecule has 1 N–H and O–H groups in total. The number of aliphatic hydroxyl groups is 1. The van der Waals surface area contributed by atoms with E-state index in [0.29, 0.717) is 11.1 Å². The van der Waals surface area contributed by atoms with E-state index in [1.54, 1.807) is 13.0 Å². The number of benzene rings is 2. The van der Waals surface area contributed by atoms with Crippen LogP contribution in [0.2, 0.25) is 0 Å². The average Bonchev–Trinajstić information content (AvgIpc) is 2.51. The molecule has 3 heteroatoms. The number of rotatable bonds is 2. The van der Waals surface area contributed by atoms with E-state index in [4.69, 9.17) is 0 Å². The van der Waals surface area contributed by atoms with Crippen LogP contribution >= 0.6 is 0 Å². The molecule has 0 fully saturated rings. The first-order chi connectivity index (χ1) is 10.1. The van der Waals surface area contributed by atoms with Gasteiger partial charge in [-0.3, -0.25) is 0 Å². The van der Waals surface area contributed by atoms with E-state index >= 15 is 0 Å². The lowest BCUT2D eigenvalue weighted by molar-refractivity contribution is 0.208. The van der Waals surface area contributed by atoms with E-state index in [2.05, 4.69) is 0 Å². The van der Waals surface area contributed by atoms with E-state index in [1.807, 2.05) is 12.1 Å². The van der Waals surface area contributed by atoms with Crippen LogP contribution in [-0.4, -0.2) is 5.11 Å². The third-order valence-electron chi connectivity index (χ3n) is 4.28. The van der Waals surface area contributed by atoms with E-state index in [-0.39, 0.29) is 5.56 Å². The van der Waals surface area contributed by atoms with Gasteiger partial charge < -0.3 is 5.11 Å². The Morgan fingerprint density at radius 3 is 2.48 bits per heavy atom. The molecule has 3 rings (SSSR count). The topological polar surface area (TPSA) is 20.2 Å². The molecule has 0 bridgehead atoms. The third-order valence-corrected chi connectivity index (χ3v) is 4.28. The molecule has 0 spiro atoms. The fourth-order valence-electron chi connectivity index (χ4n) is 3.02. The Hall–Kier alpha value is -1.74. The van der Waals surface area contributed by atoms with Gasteiger partial charge in [0.15, 0.2) is 0 Å². The highest BCUT2D eigenvalue weighted by molar-refractivity contribution is 5.40. The van der Waals surface area contributed by atoms with Crippen LogP contribution in [0.3, 0.4) is 0 Å². The lowest BCUT2D eigenvalue weighted by Gasteiger charge is -2.20. The van der Waals surface area contributed by atoms with Gasteiger partial charge in [-0.1, -0.05) is 24.3 Å². The molecule has 0 heterocycles. The van der Waals surface area contributed by atoms with Gasteiger partial charge in [-0.05, 0) is 60.9 Å². The molecule has 0 saturated heterocycles. The summed E-state index contributed by atoms with van der Waals surface area (Å²) >= 11 is 0. The Balaban J connectivity index is 2.03. The highest BCUT2D eigenvalue weighted by Crippen LogP contribution is 2.31. The normalized spacial score (nSPS) is 15.6. The summed E-state index contributed by atoms with van der Waals surface area (Å²) in [5, 5.41) is 10.4. The van der Waals surface area contributed by atoms with Crippen molar-refractivity contribution in [3.8, 4) is 0 Å². The molecule has 1 aliphatic rings. The van der Waals surface area contributed by atoms with E-state index in [1.165, 1.54) is 29.7 Å². The third kappa shape index (κ3) is 2.58. The minimum atomic E-state index is -1.27. The zero-order chi connectivity index (χ0) is 15.0. The molecule has 0 radical (unpaired) electrons. The zero-order valence-electron chi connectivity index (χ0n) is 12.0. The predicted octanol–water partition coefficient (Wildman–Crippen LogP) is 4.23. The largest absolute Gasteiger partial charge is 0.383 e. The summed E-state index contributed by atoms with van der Waals surface area (Å²) in [5.41, 5.74) is 3.10. The highest BCUT2D eigenvalue weighted by Gasteiger charge is 2.22. The Morgan fingerprint density at radius 1 is 1.00 bits per heavy atom. The first-order valence-corrected chi connectivity index (χ1v) is 7.32. The first-order valence-electron chi connectivity index (χ1n) is 7.32. The van der Waals surface area contributed by atoms with Crippen LogP contribution in [0.5, 0.6) is 0 Å². The molecule has 1 nitrogen and oxygen atoms in total. The van der Waals surface area contributed by atoms with Crippen molar-refractivity contribution in [3.63, 3.8) is 0 Å². The summed E-state index contributed by atoms with van der Waals surface area (Å²) in [6, 6.07) is 8.22. The van der Waals surface area contributed by atoms with Crippen molar-refractivity contribution in [1.82, 2.24) is 0 Å². The van der Waals surface area contributed by atoms with Crippen molar-refractivity contribution < 1.29 is 13.9 Å². The quantitative estimate of drug-likeness (QED) is 0.876. The van der Waals surface area contributed by atoms with Crippen molar-refractivity contribution in [3.05, 3.63) is 69.8 Å². The van der Waals surface area contributed by atoms with Crippen molar-refractivity contribution in [1.29, 1.82) is 0 Å². The van der Waals surface area contributed by atoms with Crippen molar-refractivity contribution in [2.75, 3.05) is 0 Å². The molecule has 2 aromatic rings. The smallest absolute Gasteiger partial charge is 0.135 e. The number of hydrogen-bond acceptors (Lipinski definition) is 1. The van der Waals surface area contributed by atoms with Gasteiger partial charge in [0.05, 0.1) is 5.56 Å². The lowest BCUT2D eigenvalue weighted by Crippen LogP contribution is -2.09. The number of halogens is 2. The van der Waals surface area contributed by atoms with Gasteiger partial charge in [0.1, 0.15) is 17.7 Å². The maximum atomic E-state index is 14.1. The number of aliphatic hydroxyl groups excluding tert-OH is 1. The maximum Gasteiger partial charge on any atom is 0.135 e. The van der Waals surface area contributed by atoms with Crippen LogP contribution in [0.4, 0.5) is 8.78 Å². The van der Waals surface area contributed by atoms with E-state index in [9.17, 15) is 13.9 Å². The summed E-state index contributed by atoms with van der Waals surface area (Å²) in [4.78, 5) is 0. The van der Waals surface area contributed by atoms with Crippen molar-refractivity contribution >= 4 is 0 Å². The maximum absolute atomic E-state index is 14.1. The standard InChI is InChI=1S/C18H18F2O/c1-11-6-9-15(19)16(17(11)20)18(21)14-8-7-12-4-2-3-5-13(12)10-14/h6-10,18,21H,2-5H2,1H3. The second-order valence-electron chi connectivity index (χ2n) is 5.73. The molecule has 110 valence electrons. The van der Waals surface area contributed by atoms with Gasteiger partial charge in [0.2, 0.25) is 0 Å². The van der Waals surface area contributed by atoms with E-state index < -0.39 is 17.7 Å². The van der Waals surface area contributed by atoms with Crippen LogP contribution in [-0.2, 0) is 12.8 Å². The van der Waals surface area contributed by atoms with Crippen LogP contribution in [0, 0.1) is 18.6 Å². The Bertz CT molecular complexity index is 679. The summed E-state index contributed by atoms with van der Waals surface area (Å²) in [6.07, 6.45) is 3.04. The fourth-order valence-corrected chi connectivity index (χ4v) is 3.02. The van der Waals surface area contributed by atoms with Crippen LogP contribution in [0.25, 0.3) is 0 Å². The molecule has 0 aliphatic heterocycles. The van der Waals surface area contributed by atoms with Gasteiger partial charge in [0.25, 0.3) is 0 Å². The molecular weight excluding hydrogens is 270 g/mol. The number of hydrogen-bond donors (Lipinski definition) is 1. The highest BCUT2D eigenvalue weighted by atomic mass is 19.1. The molecule has 0 amide bonds. The van der Waals surface area contributed by atoms with Crippen molar-refractivity contribution in [2.45, 2.75) is 38.7 Å². The minimum Gasteiger partial charge on any atom is -0.383 e. The van der Waals surface area contributed by atoms with Gasteiger partial charge in [0, 0.05) is 0 Å². The van der Waals surface area contributed by atoms with Gasteiger partial charge in [-0.25, -0.2) is 8.78 Å². The van der Waals surface area contributed by atoms with Gasteiger partial charge in [-0.2, -0.15) is 0 Å². The zero-order valence-corrected chi connectivity index (χ0v) is 12.0. The molecule has 1 atom stereocenters. The van der Waals surface area contributed by atoms with Crippen LogP contribution in [0.1, 0.15) is 46.8 Å². The molecule has 1 aliphatic carbocycles. The Labute approximate surface area is 123 Å². The first kappa shape index (κ1) is 14.2. The van der Waals surface area contributed by atoms with E-state index in [0.717, 1.165) is 19.3 Å². The molecule has 1 unspecified atom stereocenters. The predicted molar refractivity (Wildman–Crippen MR) is 78.2 cm³/mol.